The van der Waals surface area contributed by atoms with Gasteiger partial charge in [-0.2, -0.15) is 0 Å². The van der Waals surface area contributed by atoms with Crippen molar-refractivity contribution in [1.82, 2.24) is 10.6 Å². The number of ether oxygens (including phenoxy) is 2. The molecule has 0 saturated heterocycles. The molecule has 24 heavy (non-hydrogen) atoms. The van der Waals surface area contributed by atoms with E-state index in [1.807, 2.05) is 0 Å². The Bertz CT molecular complexity index is 309. The highest BCUT2D eigenvalue weighted by atomic mass is 127. The lowest BCUT2D eigenvalue weighted by molar-refractivity contribution is 0.0281. The molecular formula is C18H38IN3O2. The first kappa shape index (κ1) is 23.9. The maximum Gasteiger partial charge on any atom is 0.191 e. The van der Waals surface area contributed by atoms with Gasteiger partial charge in [0.05, 0.1) is 12.2 Å². The average Bonchev–Trinajstić information content (AvgIpc) is 2.54. The Morgan fingerprint density at radius 3 is 2.50 bits per heavy atom. The van der Waals surface area contributed by atoms with Gasteiger partial charge >= 0.3 is 0 Å². The van der Waals surface area contributed by atoms with Crippen LogP contribution in [0, 0.1) is 0 Å². The van der Waals surface area contributed by atoms with E-state index < -0.39 is 0 Å². The fraction of sp³-hybridized carbons (Fsp3) is 0.944. The standard InChI is InChI=1S/C18H37N3O2.HI/c1-4-19-18(20-12-8-14-22-16(2)3)21-13-9-15-23-17-10-6-5-7-11-17;/h16-17H,4-15H2,1-3H3,(H2,19,20,21);1H. The van der Waals surface area contributed by atoms with Gasteiger partial charge in [-0.3, -0.25) is 4.99 Å². The van der Waals surface area contributed by atoms with Crippen LogP contribution in [0.2, 0.25) is 0 Å². The summed E-state index contributed by atoms with van der Waals surface area (Å²) < 4.78 is 11.5. The maximum atomic E-state index is 5.93. The summed E-state index contributed by atoms with van der Waals surface area (Å²) >= 11 is 0. The topological polar surface area (TPSA) is 54.9 Å². The van der Waals surface area contributed by atoms with Crippen LogP contribution in [0.5, 0.6) is 0 Å². The summed E-state index contributed by atoms with van der Waals surface area (Å²) in [5.74, 6) is 0.898. The first-order valence-corrected chi connectivity index (χ1v) is 9.47. The molecule has 0 aromatic heterocycles. The molecule has 0 aromatic carbocycles. The Morgan fingerprint density at radius 1 is 1.08 bits per heavy atom. The van der Waals surface area contributed by atoms with Crippen LogP contribution < -0.4 is 10.6 Å². The van der Waals surface area contributed by atoms with E-state index >= 15 is 0 Å². The molecule has 6 heteroatoms. The van der Waals surface area contributed by atoms with E-state index in [-0.39, 0.29) is 24.0 Å². The maximum absolute atomic E-state index is 5.93. The average molecular weight is 455 g/mol. The molecule has 0 amide bonds. The van der Waals surface area contributed by atoms with Crippen molar-refractivity contribution in [2.75, 3.05) is 32.8 Å². The summed E-state index contributed by atoms with van der Waals surface area (Å²) in [6.45, 7) is 10.4. The summed E-state index contributed by atoms with van der Waals surface area (Å²) in [6.07, 6.45) is 9.32. The van der Waals surface area contributed by atoms with Crippen LogP contribution in [0.4, 0.5) is 0 Å². The first-order valence-electron chi connectivity index (χ1n) is 9.47. The van der Waals surface area contributed by atoms with Crippen molar-refractivity contribution >= 4 is 29.9 Å². The van der Waals surface area contributed by atoms with E-state index in [0.29, 0.717) is 12.2 Å². The van der Waals surface area contributed by atoms with E-state index in [4.69, 9.17) is 9.47 Å². The van der Waals surface area contributed by atoms with Gasteiger partial charge in [0.1, 0.15) is 0 Å². The SMILES string of the molecule is CCNC(=NCCCOC1CCCCC1)NCCCOC(C)C.I. The van der Waals surface area contributed by atoms with Crippen LogP contribution in [0.15, 0.2) is 4.99 Å². The highest BCUT2D eigenvalue weighted by molar-refractivity contribution is 14.0. The Morgan fingerprint density at radius 2 is 1.83 bits per heavy atom. The fourth-order valence-electron chi connectivity index (χ4n) is 2.68. The zero-order chi connectivity index (χ0) is 16.8. The largest absolute Gasteiger partial charge is 0.379 e. The molecule has 1 rings (SSSR count). The number of nitrogens with one attached hydrogen (secondary N) is 2. The molecule has 5 nitrogen and oxygen atoms in total. The molecular weight excluding hydrogens is 417 g/mol. The molecule has 0 radical (unpaired) electrons. The minimum absolute atomic E-state index is 0. The highest BCUT2D eigenvalue weighted by Gasteiger charge is 2.12. The fourth-order valence-corrected chi connectivity index (χ4v) is 2.68. The number of rotatable bonds is 11. The van der Waals surface area contributed by atoms with Crippen molar-refractivity contribution in [2.45, 2.75) is 77.9 Å². The second-order valence-electron chi connectivity index (χ2n) is 6.44. The number of hydrogen-bond donors (Lipinski definition) is 2. The number of hydrogen-bond acceptors (Lipinski definition) is 3. The lowest BCUT2D eigenvalue weighted by Crippen LogP contribution is -2.38. The third kappa shape index (κ3) is 13.2. The molecule has 144 valence electrons. The lowest BCUT2D eigenvalue weighted by atomic mass is 9.98. The van der Waals surface area contributed by atoms with Crippen LogP contribution in [-0.2, 0) is 9.47 Å². The molecule has 2 N–H and O–H groups in total. The first-order chi connectivity index (χ1) is 11.2. The number of guanidine groups is 1. The quantitative estimate of drug-likeness (QED) is 0.216. The molecule has 1 saturated carbocycles. The van der Waals surface area contributed by atoms with Crippen molar-refractivity contribution < 1.29 is 9.47 Å². The second-order valence-corrected chi connectivity index (χ2v) is 6.44. The third-order valence-corrected chi connectivity index (χ3v) is 3.89. The lowest BCUT2D eigenvalue weighted by Gasteiger charge is -2.21. The molecule has 1 fully saturated rings. The Labute approximate surface area is 165 Å². The minimum Gasteiger partial charge on any atom is -0.379 e. The predicted molar refractivity (Wildman–Crippen MR) is 113 cm³/mol. The zero-order valence-corrected chi connectivity index (χ0v) is 18.1. The number of aliphatic imine (C=N–C) groups is 1. The van der Waals surface area contributed by atoms with E-state index in [1.165, 1.54) is 32.1 Å². The van der Waals surface area contributed by atoms with Crippen LogP contribution >= 0.6 is 24.0 Å². The van der Waals surface area contributed by atoms with Gasteiger partial charge in [0.2, 0.25) is 0 Å². The summed E-state index contributed by atoms with van der Waals surface area (Å²) in [5, 5.41) is 6.63. The molecule has 0 bridgehead atoms. The summed E-state index contributed by atoms with van der Waals surface area (Å²) in [5.41, 5.74) is 0. The van der Waals surface area contributed by atoms with Gasteiger partial charge in [-0.25, -0.2) is 0 Å². The molecule has 1 aliphatic rings. The molecule has 0 aromatic rings. The molecule has 0 aliphatic heterocycles. The van der Waals surface area contributed by atoms with Gasteiger partial charge in [0, 0.05) is 32.8 Å². The molecule has 0 atom stereocenters. The Balaban J connectivity index is 0.00000529. The van der Waals surface area contributed by atoms with E-state index in [9.17, 15) is 0 Å². The van der Waals surface area contributed by atoms with Crippen molar-refractivity contribution in [1.29, 1.82) is 0 Å². The van der Waals surface area contributed by atoms with Crippen LogP contribution in [0.3, 0.4) is 0 Å². The van der Waals surface area contributed by atoms with Crippen molar-refractivity contribution in [2.24, 2.45) is 4.99 Å². The van der Waals surface area contributed by atoms with Gasteiger partial charge in [-0.05, 0) is 46.5 Å². The van der Waals surface area contributed by atoms with Crippen molar-refractivity contribution in [3.63, 3.8) is 0 Å². The van der Waals surface area contributed by atoms with Crippen LogP contribution in [-0.4, -0.2) is 51.0 Å². The molecule has 0 spiro atoms. The molecule has 1 aliphatic carbocycles. The van der Waals surface area contributed by atoms with Crippen LogP contribution in [0.1, 0.15) is 65.7 Å². The smallest absolute Gasteiger partial charge is 0.191 e. The summed E-state index contributed by atoms with van der Waals surface area (Å²) in [6, 6.07) is 0. The number of nitrogens with zero attached hydrogens (tertiary/aromatic N) is 1. The third-order valence-electron chi connectivity index (χ3n) is 3.89. The predicted octanol–water partition coefficient (Wildman–Crippen LogP) is 3.71. The molecule has 0 unspecified atom stereocenters. The highest BCUT2D eigenvalue weighted by Crippen LogP contribution is 2.20. The van der Waals surface area contributed by atoms with Crippen molar-refractivity contribution in [3.8, 4) is 0 Å². The van der Waals surface area contributed by atoms with Gasteiger partial charge in [0.15, 0.2) is 5.96 Å². The van der Waals surface area contributed by atoms with Crippen LogP contribution in [0.25, 0.3) is 0 Å². The monoisotopic (exact) mass is 455 g/mol. The van der Waals surface area contributed by atoms with E-state index in [0.717, 1.165) is 51.6 Å². The summed E-state index contributed by atoms with van der Waals surface area (Å²) in [4.78, 5) is 4.60. The Hall–Kier alpha value is -0.0800. The van der Waals surface area contributed by atoms with Gasteiger partial charge in [0.25, 0.3) is 0 Å². The van der Waals surface area contributed by atoms with E-state index in [2.05, 4.69) is 36.4 Å². The van der Waals surface area contributed by atoms with Gasteiger partial charge in [-0.1, -0.05) is 19.3 Å². The Kier molecular flexibility index (Phi) is 16.3. The number of halogens is 1. The normalized spacial score (nSPS) is 16.1. The summed E-state index contributed by atoms with van der Waals surface area (Å²) in [7, 11) is 0. The van der Waals surface area contributed by atoms with Gasteiger partial charge < -0.3 is 20.1 Å². The van der Waals surface area contributed by atoms with E-state index in [1.54, 1.807) is 0 Å². The molecule has 0 heterocycles. The zero-order valence-electron chi connectivity index (χ0n) is 15.8. The van der Waals surface area contributed by atoms with Crippen molar-refractivity contribution in [3.05, 3.63) is 0 Å². The van der Waals surface area contributed by atoms with Gasteiger partial charge in [-0.15, -0.1) is 24.0 Å². The minimum atomic E-state index is 0. The second kappa shape index (κ2) is 16.4.